The molecule has 0 aliphatic heterocycles. The first-order valence-corrected chi connectivity index (χ1v) is 4.81. The van der Waals surface area contributed by atoms with Gasteiger partial charge in [0.2, 0.25) is 5.88 Å². The Morgan fingerprint density at radius 3 is 2.67 bits per heavy atom. The van der Waals surface area contributed by atoms with Gasteiger partial charge in [-0.3, -0.25) is 0 Å². The lowest BCUT2D eigenvalue weighted by Gasteiger charge is -2.05. The molecule has 1 aromatic heterocycles. The van der Waals surface area contributed by atoms with Gasteiger partial charge in [-0.25, -0.2) is 9.97 Å². The monoisotopic (exact) mass is 212 g/mol. The second-order valence-corrected chi connectivity index (χ2v) is 2.95. The molecule has 0 fully saturated rings. The summed E-state index contributed by atoms with van der Waals surface area (Å²) in [6.45, 7) is 4.10. The molecule has 0 atom stereocenters. The molecule has 0 saturated heterocycles. The van der Waals surface area contributed by atoms with Crippen LogP contribution in [0.2, 0.25) is 0 Å². The van der Waals surface area contributed by atoms with Crippen molar-refractivity contribution in [2.45, 2.75) is 6.92 Å². The van der Waals surface area contributed by atoms with Crippen molar-refractivity contribution in [3.8, 4) is 5.88 Å². The van der Waals surface area contributed by atoms with Gasteiger partial charge in [0.15, 0.2) is 0 Å². The van der Waals surface area contributed by atoms with E-state index in [-0.39, 0.29) is 0 Å². The standard InChI is InChI=1S/C10H16N2O3/c1-9-7-10(12-8-11-9)15-6-5-14-4-3-13-2/h7-8H,3-6H2,1-2H3. The van der Waals surface area contributed by atoms with Crippen LogP contribution in [0.4, 0.5) is 0 Å². The summed E-state index contributed by atoms with van der Waals surface area (Å²) in [7, 11) is 1.64. The van der Waals surface area contributed by atoms with Crippen LogP contribution in [0.15, 0.2) is 12.4 Å². The van der Waals surface area contributed by atoms with Crippen molar-refractivity contribution < 1.29 is 14.2 Å². The van der Waals surface area contributed by atoms with Crippen LogP contribution in [0, 0.1) is 6.92 Å². The van der Waals surface area contributed by atoms with Crippen molar-refractivity contribution in [3.63, 3.8) is 0 Å². The molecule has 5 nitrogen and oxygen atoms in total. The van der Waals surface area contributed by atoms with Gasteiger partial charge in [0.05, 0.1) is 19.8 Å². The van der Waals surface area contributed by atoms with E-state index in [0.29, 0.717) is 32.3 Å². The largest absolute Gasteiger partial charge is 0.475 e. The van der Waals surface area contributed by atoms with Gasteiger partial charge < -0.3 is 14.2 Å². The Balaban J connectivity index is 2.10. The van der Waals surface area contributed by atoms with Crippen LogP contribution in [0.3, 0.4) is 0 Å². The second kappa shape index (κ2) is 7.14. The molecule has 0 aliphatic rings. The smallest absolute Gasteiger partial charge is 0.216 e. The summed E-state index contributed by atoms with van der Waals surface area (Å²) in [6.07, 6.45) is 1.48. The van der Waals surface area contributed by atoms with Crippen molar-refractivity contribution in [1.82, 2.24) is 9.97 Å². The van der Waals surface area contributed by atoms with E-state index in [0.717, 1.165) is 5.69 Å². The molecule has 0 saturated carbocycles. The third-order valence-corrected chi connectivity index (χ3v) is 1.69. The van der Waals surface area contributed by atoms with Gasteiger partial charge in [-0.15, -0.1) is 0 Å². The van der Waals surface area contributed by atoms with Crippen LogP contribution < -0.4 is 4.74 Å². The van der Waals surface area contributed by atoms with E-state index in [9.17, 15) is 0 Å². The zero-order valence-electron chi connectivity index (χ0n) is 9.10. The Hall–Kier alpha value is -1.20. The lowest BCUT2D eigenvalue weighted by atomic mass is 10.4. The predicted octanol–water partition coefficient (Wildman–Crippen LogP) is 0.827. The topological polar surface area (TPSA) is 53.5 Å². The van der Waals surface area contributed by atoms with E-state index >= 15 is 0 Å². The zero-order valence-corrected chi connectivity index (χ0v) is 9.10. The Bertz CT molecular complexity index is 281. The minimum atomic E-state index is 0.486. The van der Waals surface area contributed by atoms with Gasteiger partial charge in [-0.1, -0.05) is 0 Å². The quantitative estimate of drug-likeness (QED) is 0.626. The van der Waals surface area contributed by atoms with E-state index < -0.39 is 0 Å². The summed E-state index contributed by atoms with van der Waals surface area (Å²) in [5.41, 5.74) is 0.889. The molecule has 5 heteroatoms. The molecule has 1 heterocycles. The first-order chi connectivity index (χ1) is 7.33. The molecule has 0 aromatic carbocycles. The average Bonchev–Trinajstić information content (AvgIpc) is 2.23. The highest BCUT2D eigenvalue weighted by Crippen LogP contribution is 2.04. The maximum Gasteiger partial charge on any atom is 0.216 e. The number of hydrogen-bond donors (Lipinski definition) is 0. The molecule has 0 radical (unpaired) electrons. The molecule has 15 heavy (non-hydrogen) atoms. The Morgan fingerprint density at radius 1 is 1.13 bits per heavy atom. The Kier molecular flexibility index (Phi) is 5.65. The van der Waals surface area contributed by atoms with E-state index in [2.05, 4.69) is 9.97 Å². The summed E-state index contributed by atoms with van der Waals surface area (Å²) < 4.78 is 15.4. The normalized spacial score (nSPS) is 10.3. The highest BCUT2D eigenvalue weighted by Gasteiger charge is 1.95. The molecule has 0 amide bonds. The first-order valence-electron chi connectivity index (χ1n) is 4.81. The van der Waals surface area contributed by atoms with Gasteiger partial charge in [-0.05, 0) is 6.92 Å². The lowest BCUT2D eigenvalue weighted by molar-refractivity contribution is 0.0536. The number of ether oxygens (including phenoxy) is 3. The highest BCUT2D eigenvalue weighted by atomic mass is 16.5. The molecule has 1 aromatic rings. The molecule has 0 unspecified atom stereocenters. The van der Waals surface area contributed by atoms with Crippen molar-refractivity contribution in [2.24, 2.45) is 0 Å². The maximum absolute atomic E-state index is 5.35. The average molecular weight is 212 g/mol. The second-order valence-electron chi connectivity index (χ2n) is 2.95. The molecular formula is C10H16N2O3. The SMILES string of the molecule is COCCOCCOc1cc(C)ncn1. The fourth-order valence-electron chi connectivity index (χ4n) is 0.958. The predicted molar refractivity (Wildman–Crippen MR) is 55.0 cm³/mol. The van der Waals surface area contributed by atoms with Gasteiger partial charge in [0.1, 0.15) is 12.9 Å². The van der Waals surface area contributed by atoms with E-state index in [4.69, 9.17) is 14.2 Å². The fourth-order valence-corrected chi connectivity index (χ4v) is 0.958. The Labute approximate surface area is 89.4 Å². The third kappa shape index (κ3) is 5.29. The summed E-state index contributed by atoms with van der Waals surface area (Å²) >= 11 is 0. The van der Waals surface area contributed by atoms with Crippen molar-refractivity contribution in [1.29, 1.82) is 0 Å². The van der Waals surface area contributed by atoms with Crippen molar-refractivity contribution >= 4 is 0 Å². The van der Waals surface area contributed by atoms with Crippen LogP contribution in [0.5, 0.6) is 5.88 Å². The zero-order chi connectivity index (χ0) is 10.9. The summed E-state index contributed by atoms with van der Waals surface area (Å²) in [5, 5.41) is 0. The molecule has 0 aliphatic carbocycles. The van der Waals surface area contributed by atoms with Crippen LogP contribution in [0.1, 0.15) is 5.69 Å². The minimum Gasteiger partial charge on any atom is -0.475 e. The molecule has 0 bridgehead atoms. The van der Waals surface area contributed by atoms with Gasteiger partial charge >= 0.3 is 0 Å². The van der Waals surface area contributed by atoms with E-state index in [1.54, 1.807) is 13.2 Å². The number of aromatic nitrogens is 2. The number of nitrogens with zero attached hydrogens (tertiary/aromatic N) is 2. The van der Waals surface area contributed by atoms with E-state index in [1.807, 2.05) is 6.92 Å². The van der Waals surface area contributed by atoms with Crippen LogP contribution in [-0.4, -0.2) is 43.5 Å². The molecule has 0 spiro atoms. The lowest BCUT2D eigenvalue weighted by Crippen LogP contribution is -2.10. The first kappa shape index (κ1) is 11.9. The number of aryl methyl sites for hydroxylation is 1. The Morgan fingerprint density at radius 2 is 1.93 bits per heavy atom. The van der Waals surface area contributed by atoms with Crippen LogP contribution in [0.25, 0.3) is 0 Å². The highest BCUT2D eigenvalue weighted by molar-refractivity contribution is 5.11. The number of rotatable bonds is 7. The minimum absolute atomic E-state index is 0.486. The van der Waals surface area contributed by atoms with Crippen molar-refractivity contribution in [3.05, 3.63) is 18.1 Å². The molecule has 84 valence electrons. The van der Waals surface area contributed by atoms with Crippen LogP contribution in [-0.2, 0) is 9.47 Å². The summed E-state index contributed by atoms with van der Waals surface area (Å²) in [5.74, 6) is 0.581. The molecule has 1 rings (SSSR count). The summed E-state index contributed by atoms with van der Waals surface area (Å²) in [6, 6.07) is 1.79. The maximum atomic E-state index is 5.35. The number of hydrogen-bond acceptors (Lipinski definition) is 5. The summed E-state index contributed by atoms with van der Waals surface area (Å²) in [4.78, 5) is 7.93. The van der Waals surface area contributed by atoms with E-state index in [1.165, 1.54) is 6.33 Å². The van der Waals surface area contributed by atoms with Gasteiger partial charge in [-0.2, -0.15) is 0 Å². The molecular weight excluding hydrogens is 196 g/mol. The fraction of sp³-hybridized carbons (Fsp3) is 0.600. The van der Waals surface area contributed by atoms with Crippen LogP contribution >= 0.6 is 0 Å². The van der Waals surface area contributed by atoms with Gasteiger partial charge in [0, 0.05) is 18.9 Å². The van der Waals surface area contributed by atoms with Gasteiger partial charge in [0.25, 0.3) is 0 Å². The molecule has 0 N–H and O–H groups in total. The number of methoxy groups -OCH3 is 1. The van der Waals surface area contributed by atoms with Crippen molar-refractivity contribution in [2.75, 3.05) is 33.5 Å². The third-order valence-electron chi connectivity index (χ3n) is 1.69.